The Morgan fingerprint density at radius 2 is 1.97 bits per heavy atom. The number of hydrogen-bond donors (Lipinski definition) is 1. The monoisotopic (exact) mass is 467 g/mol. The minimum atomic E-state index is -3.11. The third kappa shape index (κ3) is 5.14. The molecule has 0 aliphatic rings. The average molecular weight is 468 g/mol. The largest absolute Gasteiger partial charge is 0.454 e. The van der Waals surface area contributed by atoms with Gasteiger partial charge in [0.05, 0.1) is 22.8 Å². The van der Waals surface area contributed by atoms with Gasteiger partial charge in [0.15, 0.2) is 5.76 Å². The summed E-state index contributed by atoms with van der Waals surface area (Å²) in [5.41, 5.74) is -1.77. The van der Waals surface area contributed by atoms with Gasteiger partial charge in [-0.05, 0) is 18.6 Å². The van der Waals surface area contributed by atoms with Crippen LogP contribution in [0.15, 0.2) is 28.9 Å². The lowest BCUT2D eigenvalue weighted by Crippen LogP contribution is -2.24. The molecule has 0 unspecified atom stereocenters. The number of carbonyl (C=O) groups excluding carboxylic acids is 1. The van der Waals surface area contributed by atoms with Gasteiger partial charge in [-0.25, -0.2) is 17.6 Å². The molecule has 0 spiro atoms. The number of hydrogen-bond acceptors (Lipinski definition) is 4. The molecule has 3 heterocycles. The van der Waals surface area contributed by atoms with Gasteiger partial charge in [-0.15, -0.1) is 0 Å². The lowest BCUT2D eigenvalue weighted by atomic mass is 10.3. The predicted molar refractivity (Wildman–Crippen MR) is 99.1 cm³/mol. The Morgan fingerprint density at radius 3 is 2.60 bits per heavy atom. The van der Waals surface area contributed by atoms with Crippen molar-refractivity contribution in [3.05, 3.63) is 57.5 Å². The number of halogens is 6. The molecule has 0 fully saturated rings. The highest BCUT2D eigenvalue weighted by Gasteiger charge is 2.28. The van der Waals surface area contributed by atoms with E-state index < -0.39 is 35.2 Å². The van der Waals surface area contributed by atoms with Crippen molar-refractivity contribution in [2.75, 3.05) is 6.54 Å². The van der Waals surface area contributed by atoms with Crippen molar-refractivity contribution in [2.24, 2.45) is 0 Å². The summed E-state index contributed by atoms with van der Waals surface area (Å²) in [4.78, 5) is 12.1. The molecule has 0 aromatic carbocycles. The fraction of sp³-hybridized carbons (Fsp3) is 0.353. The minimum Gasteiger partial charge on any atom is -0.454 e. The van der Waals surface area contributed by atoms with Crippen molar-refractivity contribution in [1.29, 1.82) is 0 Å². The van der Waals surface area contributed by atoms with E-state index in [1.165, 1.54) is 18.3 Å². The summed E-state index contributed by atoms with van der Waals surface area (Å²) in [6.45, 7) is 0.479. The predicted octanol–water partition coefficient (Wildman–Crippen LogP) is 4.72. The second-order valence-corrected chi connectivity index (χ2v) is 6.95. The Labute approximate surface area is 177 Å². The molecule has 0 aliphatic carbocycles. The number of rotatable bonds is 9. The molecule has 0 atom stereocenters. The molecule has 1 N–H and O–H groups in total. The SMILES string of the molecule is O=C(NCCCn1cc(Cl)cn1)c1ccc(Cn2nc(C(F)F)c(Cl)c2C(F)F)o1. The van der Waals surface area contributed by atoms with Gasteiger partial charge < -0.3 is 9.73 Å². The lowest BCUT2D eigenvalue weighted by molar-refractivity contribution is 0.0922. The maximum absolute atomic E-state index is 13.2. The van der Waals surface area contributed by atoms with E-state index in [0.717, 1.165) is 0 Å². The smallest absolute Gasteiger partial charge is 0.286 e. The summed E-state index contributed by atoms with van der Waals surface area (Å²) < 4.78 is 59.8. The van der Waals surface area contributed by atoms with Crippen molar-refractivity contribution in [3.8, 4) is 0 Å². The van der Waals surface area contributed by atoms with Crippen molar-refractivity contribution in [1.82, 2.24) is 24.9 Å². The maximum atomic E-state index is 13.2. The summed E-state index contributed by atoms with van der Waals surface area (Å²) in [6, 6.07) is 2.71. The Morgan fingerprint density at radius 1 is 1.20 bits per heavy atom. The summed E-state index contributed by atoms with van der Waals surface area (Å²) in [5, 5.41) is 9.82. The second kappa shape index (κ2) is 9.52. The van der Waals surface area contributed by atoms with E-state index >= 15 is 0 Å². The van der Waals surface area contributed by atoms with Gasteiger partial charge >= 0.3 is 0 Å². The van der Waals surface area contributed by atoms with Crippen LogP contribution >= 0.6 is 23.2 Å². The van der Waals surface area contributed by atoms with Gasteiger partial charge in [0, 0.05) is 19.3 Å². The quantitative estimate of drug-likeness (QED) is 0.364. The van der Waals surface area contributed by atoms with Crippen LogP contribution in [0.2, 0.25) is 10.0 Å². The lowest BCUT2D eigenvalue weighted by Gasteiger charge is -2.05. The molecule has 3 rings (SSSR count). The zero-order valence-electron chi connectivity index (χ0n) is 15.2. The second-order valence-electron chi connectivity index (χ2n) is 6.14. The summed E-state index contributed by atoms with van der Waals surface area (Å²) in [6.07, 6.45) is -2.48. The van der Waals surface area contributed by atoms with Gasteiger partial charge in [-0.2, -0.15) is 10.2 Å². The molecular formula is C17H15Cl2F4N5O2. The fourth-order valence-corrected chi connectivity index (χ4v) is 3.12. The van der Waals surface area contributed by atoms with E-state index in [4.69, 9.17) is 27.6 Å². The number of carbonyl (C=O) groups is 1. The zero-order valence-corrected chi connectivity index (χ0v) is 16.7. The number of aromatic nitrogens is 4. The number of aryl methyl sites for hydroxylation is 1. The standard InChI is InChI=1S/C17H15Cl2F4N5O2/c18-9-6-25-27(7-9)5-1-4-24-17(29)11-3-2-10(30-11)8-28-14(16(22)23)12(19)13(26-28)15(20)21/h2-3,6-7,15-16H,1,4-5,8H2,(H,24,29). The molecule has 30 heavy (non-hydrogen) atoms. The Balaban J connectivity index is 1.59. The number of nitrogens with zero attached hydrogens (tertiary/aromatic N) is 4. The van der Waals surface area contributed by atoms with E-state index in [1.807, 2.05) is 0 Å². The third-order valence-corrected chi connectivity index (χ3v) is 4.59. The van der Waals surface area contributed by atoms with Crippen LogP contribution in [0, 0.1) is 0 Å². The van der Waals surface area contributed by atoms with Gasteiger partial charge in [0.1, 0.15) is 17.1 Å². The van der Waals surface area contributed by atoms with Crippen LogP contribution in [0.5, 0.6) is 0 Å². The van der Waals surface area contributed by atoms with E-state index in [0.29, 0.717) is 29.2 Å². The highest BCUT2D eigenvalue weighted by Crippen LogP contribution is 2.35. The summed E-state index contributed by atoms with van der Waals surface area (Å²) >= 11 is 11.4. The molecule has 0 radical (unpaired) electrons. The van der Waals surface area contributed by atoms with Gasteiger partial charge in [-0.3, -0.25) is 14.2 Å². The van der Waals surface area contributed by atoms with Crippen molar-refractivity contribution in [3.63, 3.8) is 0 Å². The van der Waals surface area contributed by atoms with Crippen molar-refractivity contribution in [2.45, 2.75) is 32.4 Å². The van der Waals surface area contributed by atoms with Gasteiger partial charge in [-0.1, -0.05) is 23.2 Å². The summed E-state index contributed by atoms with van der Waals surface area (Å²) in [5.74, 6) is -0.494. The Kier molecular flexibility index (Phi) is 7.03. The molecule has 0 saturated carbocycles. The topological polar surface area (TPSA) is 77.9 Å². The van der Waals surface area contributed by atoms with Crippen LogP contribution in [-0.4, -0.2) is 32.0 Å². The average Bonchev–Trinajstić information content (AvgIpc) is 3.38. The Bertz CT molecular complexity index is 1020. The molecule has 0 aliphatic heterocycles. The van der Waals surface area contributed by atoms with Crippen LogP contribution < -0.4 is 5.32 Å². The van der Waals surface area contributed by atoms with E-state index in [-0.39, 0.29) is 18.1 Å². The molecule has 0 saturated heterocycles. The van der Waals surface area contributed by atoms with Gasteiger partial charge in [0.25, 0.3) is 18.8 Å². The maximum Gasteiger partial charge on any atom is 0.286 e. The Hall–Kier alpha value is -2.53. The molecule has 3 aromatic heterocycles. The van der Waals surface area contributed by atoms with Crippen LogP contribution in [0.1, 0.15) is 47.0 Å². The molecule has 0 bridgehead atoms. The molecular weight excluding hydrogens is 453 g/mol. The first-order valence-electron chi connectivity index (χ1n) is 8.63. The first-order valence-corrected chi connectivity index (χ1v) is 9.39. The first kappa shape index (κ1) is 22.2. The van der Waals surface area contributed by atoms with Gasteiger partial charge in [0.2, 0.25) is 0 Å². The molecule has 13 heteroatoms. The number of alkyl halides is 4. The first-order chi connectivity index (χ1) is 14.3. The van der Waals surface area contributed by atoms with Crippen molar-refractivity contribution >= 4 is 29.1 Å². The zero-order chi connectivity index (χ0) is 21.8. The van der Waals surface area contributed by atoms with E-state index in [1.54, 1.807) is 10.9 Å². The molecule has 3 aromatic rings. The van der Waals surface area contributed by atoms with E-state index in [2.05, 4.69) is 15.5 Å². The van der Waals surface area contributed by atoms with Crippen molar-refractivity contribution < 1.29 is 26.8 Å². The van der Waals surface area contributed by atoms with Crippen LogP contribution in [0.3, 0.4) is 0 Å². The minimum absolute atomic E-state index is 0.0573. The normalized spacial score (nSPS) is 11.6. The highest BCUT2D eigenvalue weighted by molar-refractivity contribution is 6.32. The third-order valence-electron chi connectivity index (χ3n) is 4.01. The van der Waals surface area contributed by atoms with Crippen LogP contribution in [-0.2, 0) is 13.1 Å². The summed E-state index contributed by atoms with van der Waals surface area (Å²) in [7, 11) is 0. The van der Waals surface area contributed by atoms with E-state index in [9.17, 15) is 22.4 Å². The number of furan rings is 1. The molecule has 7 nitrogen and oxygen atoms in total. The van der Waals surface area contributed by atoms with Crippen LogP contribution in [0.25, 0.3) is 0 Å². The number of amides is 1. The fourth-order valence-electron chi connectivity index (χ4n) is 2.66. The number of nitrogens with one attached hydrogen (secondary N) is 1. The highest BCUT2D eigenvalue weighted by atomic mass is 35.5. The van der Waals surface area contributed by atoms with Crippen LogP contribution in [0.4, 0.5) is 17.6 Å². The molecule has 1 amide bonds. The molecule has 162 valence electrons.